The molecule has 54 valence electrons. The number of nitrogens with zero attached hydrogens (tertiary/aromatic N) is 1. The van der Waals surface area contributed by atoms with Crippen molar-refractivity contribution in [2.24, 2.45) is 0 Å². The van der Waals surface area contributed by atoms with E-state index < -0.39 is 0 Å². The van der Waals surface area contributed by atoms with Crippen LogP contribution in [0, 0.1) is 0 Å². The second-order valence-electron chi connectivity index (χ2n) is 2.43. The first-order valence-electron chi connectivity index (χ1n) is 3.65. The van der Waals surface area contributed by atoms with Crippen molar-refractivity contribution in [3.8, 4) is 0 Å². The minimum absolute atomic E-state index is 1.21. The Labute approximate surface area is 66.3 Å². The maximum Gasteiger partial charge on any atom is 0.0449 e. The van der Waals surface area contributed by atoms with E-state index in [1.807, 2.05) is 42.8 Å². The van der Waals surface area contributed by atoms with Crippen LogP contribution in [0.3, 0.4) is 0 Å². The van der Waals surface area contributed by atoms with Gasteiger partial charge in [-0.25, -0.2) is 0 Å². The van der Waals surface area contributed by atoms with Gasteiger partial charge in [0.2, 0.25) is 0 Å². The van der Waals surface area contributed by atoms with Gasteiger partial charge in [-0.3, -0.25) is 0 Å². The molecule has 0 radical (unpaired) electrons. The van der Waals surface area contributed by atoms with Crippen LogP contribution >= 0.6 is 0 Å². The Morgan fingerprint density at radius 3 is 2.55 bits per heavy atom. The fraction of sp³-hybridized carbons (Fsp3) is 0. The summed E-state index contributed by atoms with van der Waals surface area (Å²) in [6.45, 7) is 0. The average Bonchev–Trinajstić information content (AvgIpc) is 2.28. The van der Waals surface area contributed by atoms with Crippen molar-refractivity contribution in [3.63, 3.8) is 0 Å². The van der Waals surface area contributed by atoms with E-state index in [1.165, 1.54) is 5.70 Å². The van der Waals surface area contributed by atoms with Crippen LogP contribution in [-0.4, -0.2) is 4.90 Å². The highest BCUT2D eigenvalue weighted by atomic mass is 15.1. The van der Waals surface area contributed by atoms with E-state index in [1.54, 1.807) is 0 Å². The summed E-state index contributed by atoms with van der Waals surface area (Å²) in [4.78, 5) is 2.08. The minimum Gasteiger partial charge on any atom is -0.324 e. The SMILES string of the molecule is C1=CC=C2C=CC=CN2C=C1. The summed E-state index contributed by atoms with van der Waals surface area (Å²) in [5, 5.41) is 0. The Morgan fingerprint density at radius 2 is 1.64 bits per heavy atom. The van der Waals surface area contributed by atoms with Crippen LogP contribution in [0.4, 0.5) is 0 Å². The zero-order valence-corrected chi connectivity index (χ0v) is 6.14. The topological polar surface area (TPSA) is 3.24 Å². The van der Waals surface area contributed by atoms with Crippen molar-refractivity contribution in [1.82, 2.24) is 4.90 Å². The standard InChI is InChI=1S/C10H9N/c1-2-6-10-7-3-5-9-11(10)8-4-1/h1-9H. The Bertz CT molecular complexity index is 290. The zero-order chi connectivity index (χ0) is 7.52. The molecule has 0 aliphatic carbocycles. The normalized spacial score (nSPS) is 19.6. The van der Waals surface area contributed by atoms with Gasteiger partial charge in [-0.15, -0.1) is 0 Å². The van der Waals surface area contributed by atoms with Crippen molar-refractivity contribution < 1.29 is 0 Å². The molecule has 0 saturated carbocycles. The summed E-state index contributed by atoms with van der Waals surface area (Å²) in [7, 11) is 0. The summed E-state index contributed by atoms with van der Waals surface area (Å²) in [6, 6.07) is 0. The Hall–Kier alpha value is -1.50. The molecule has 0 unspecified atom stereocenters. The molecule has 2 heterocycles. The molecule has 0 bridgehead atoms. The summed E-state index contributed by atoms with van der Waals surface area (Å²) >= 11 is 0. The second kappa shape index (κ2) is 2.62. The van der Waals surface area contributed by atoms with Gasteiger partial charge in [0, 0.05) is 18.1 Å². The molecular weight excluding hydrogens is 134 g/mol. The highest BCUT2D eigenvalue weighted by Gasteiger charge is 2.01. The summed E-state index contributed by atoms with van der Waals surface area (Å²) in [5.74, 6) is 0. The molecule has 0 spiro atoms. The third kappa shape index (κ3) is 1.17. The lowest BCUT2D eigenvalue weighted by atomic mass is 10.3. The molecule has 0 aromatic heterocycles. The number of hydrogen-bond acceptors (Lipinski definition) is 1. The smallest absolute Gasteiger partial charge is 0.0449 e. The molecule has 1 heteroatoms. The Morgan fingerprint density at radius 1 is 0.818 bits per heavy atom. The molecule has 0 saturated heterocycles. The zero-order valence-electron chi connectivity index (χ0n) is 6.14. The largest absolute Gasteiger partial charge is 0.324 e. The lowest BCUT2D eigenvalue weighted by molar-refractivity contribution is 0.647. The van der Waals surface area contributed by atoms with Crippen LogP contribution in [0.1, 0.15) is 0 Å². The van der Waals surface area contributed by atoms with Gasteiger partial charge >= 0.3 is 0 Å². The molecule has 1 nitrogen and oxygen atoms in total. The molecule has 2 aliphatic heterocycles. The van der Waals surface area contributed by atoms with Gasteiger partial charge in [0.15, 0.2) is 0 Å². The van der Waals surface area contributed by atoms with E-state index >= 15 is 0 Å². The first-order chi connectivity index (χ1) is 5.47. The molecule has 2 rings (SSSR count). The number of rotatable bonds is 0. The molecule has 2 aliphatic rings. The maximum absolute atomic E-state index is 2.08. The van der Waals surface area contributed by atoms with Crippen LogP contribution in [0.25, 0.3) is 0 Å². The van der Waals surface area contributed by atoms with Crippen LogP contribution in [0.2, 0.25) is 0 Å². The van der Waals surface area contributed by atoms with Crippen molar-refractivity contribution in [2.75, 3.05) is 0 Å². The van der Waals surface area contributed by atoms with Crippen LogP contribution in [0.5, 0.6) is 0 Å². The molecule has 0 fully saturated rings. The summed E-state index contributed by atoms with van der Waals surface area (Å²) in [5.41, 5.74) is 1.21. The monoisotopic (exact) mass is 143 g/mol. The van der Waals surface area contributed by atoms with Crippen LogP contribution in [-0.2, 0) is 0 Å². The van der Waals surface area contributed by atoms with Crippen molar-refractivity contribution in [1.29, 1.82) is 0 Å². The van der Waals surface area contributed by atoms with Gasteiger partial charge < -0.3 is 4.90 Å². The predicted molar refractivity (Wildman–Crippen MR) is 46.5 cm³/mol. The van der Waals surface area contributed by atoms with Gasteiger partial charge in [-0.05, 0) is 24.3 Å². The van der Waals surface area contributed by atoms with E-state index in [0.717, 1.165) is 0 Å². The molecule has 0 atom stereocenters. The fourth-order valence-electron chi connectivity index (χ4n) is 1.11. The molecule has 11 heavy (non-hydrogen) atoms. The number of hydrogen-bond donors (Lipinski definition) is 0. The van der Waals surface area contributed by atoms with E-state index in [9.17, 15) is 0 Å². The number of fused-ring (bicyclic) bond motifs is 1. The molecule has 0 amide bonds. The summed E-state index contributed by atoms with van der Waals surface area (Å²) in [6.07, 6.45) is 18.4. The van der Waals surface area contributed by atoms with Gasteiger partial charge in [-0.2, -0.15) is 0 Å². The first-order valence-corrected chi connectivity index (χ1v) is 3.65. The Kier molecular flexibility index (Phi) is 1.48. The third-order valence-corrected chi connectivity index (χ3v) is 1.66. The Balaban J connectivity index is 2.39. The van der Waals surface area contributed by atoms with Gasteiger partial charge in [0.05, 0.1) is 0 Å². The maximum atomic E-state index is 2.08. The first kappa shape index (κ1) is 6.23. The van der Waals surface area contributed by atoms with E-state index in [-0.39, 0.29) is 0 Å². The average molecular weight is 143 g/mol. The van der Waals surface area contributed by atoms with Crippen LogP contribution in [0.15, 0.2) is 60.6 Å². The van der Waals surface area contributed by atoms with Crippen molar-refractivity contribution >= 4 is 0 Å². The van der Waals surface area contributed by atoms with Crippen molar-refractivity contribution in [2.45, 2.75) is 0 Å². The highest BCUT2D eigenvalue weighted by Crippen LogP contribution is 2.14. The van der Waals surface area contributed by atoms with Crippen molar-refractivity contribution in [3.05, 3.63) is 60.6 Å². The molecule has 0 aromatic rings. The predicted octanol–water partition coefficient (Wildman–Crippen LogP) is 2.34. The van der Waals surface area contributed by atoms with Gasteiger partial charge in [0.25, 0.3) is 0 Å². The van der Waals surface area contributed by atoms with E-state index in [4.69, 9.17) is 0 Å². The molecule has 0 N–H and O–H groups in total. The second-order valence-corrected chi connectivity index (χ2v) is 2.43. The summed E-state index contributed by atoms with van der Waals surface area (Å²) < 4.78 is 0. The fourth-order valence-corrected chi connectivity index (χ4v) is 1.11. The van der Waals surface area contributed by atoms with Gasteiger partial charge in [-0.1, -0.05) is 18.2 Å². The number of allylic oxidation sites excluding steroid dienone is 7. The lowest BCUT2D eigenvalue weighted by Crippen LogP contribution is -2.08. The lowest BCUT2D eigenvalue weighted by Gasteiger charge is -2.17. The quantitative estimate of drug-likeness (QED) is 0.503. The van der Waals surface area contributed by atoms with Gasteiger partial charge in [0.1, 0.15) is 0 Å². The van der Waals surface area contributed by atoms with Crippen LogP contribution < -0.4 is 0 Å². The van der Waals surface area contributed by atoms with E-state index in [0.29, 0.717) is 0 Å². The third-order valence-electron chi connectivity index (χ3n) is 1.66. The molecular formula is C10H9N. The van der Waals surface area contributed by atoms with E-state index in [2.05, 4.69) is 17.1 Å². The molecule has 0 aromatic carbocycles. The minimum atomic E-state index is 1.21. The highest BCUT2D eigenvalue weighted by molar-refractivity contribution is 5.35.